The minimum Gasteiger partial charge on any atom is -0.242 e. The van der Waals surface area contributed by atoms with Gasteiger partial charge in [0.25, 0.3) is 10.0 Å². The molecule has 0 fully saturated rings. The van der Waals surface area contributed by atoms with Gasteiger partial charge >= 0.3 is 0 Å². The molecule has 6 heteroatoms. The largest absolute Gasteiger partial charge is 0.279 e. The number of alkyl halides is 1. The van der Waals surface area contributed by atoms with Crippen molar-refractivity contribution in [3.8, 4) is 0 Å². The highest BCUT2D eigenvalue weighted by molar-refractivity contribution is 7.89. The molecule has 0 saturated heterocycles. The van der Waals surface area contributed by atoms with Gasteiger partial charge in [0.15, 0.2) is 0 Å². The summed E-state index contributed by atoms with van der Waals surface area (Å²) in [4.78, 5) is 0.144. The molecule has 0 aromatic heterocycles. The maximum atomic E-state index is 14.4. The van der Waals surface area contributed by atoms with Gasteiger partial charge in [0, 0.05) is 12.1 Å². The van der Waals surface area contributed by atoms with E-state index in [-0.39, 0.29) is 17.9 Å². The first kappa shape index (κ1) is 15.9. The number of benzene rings is 1. The van der Waals surface area contributed by atoms with Gasteiger partial charge in [0.1, 0.15) is 5.67 Å². The van der Waals surface area contributed by atoms with E-state index in [1.54, 1.807) is 12.1 Å². The minimum absolute atomic E-state index is 0.144. The Bertz CT molecular complexity index is 636. The van der Waals surface area contributed by atoms with Crippen LogP contribution in [0.1, 0.15) is 38.7 Å². The van der Waals surface area contributed by atoms with E-state index in [0.717, 1.165) is 16.4 Å². The van der Waals surface area contributed by atoms with Crippen molar-refractivity contribution < 1.29 is 12.8 Å². The number of hydrazone groups is 1. The van der Waals surface area contributed by atoms with Gasteiger partial charge in [-0.25, -0.2) is 4.39 Å². The highest BCUT2D eigenvalue weighted by atomic mass is 32.2. The summed E-state index contributed by atoms with van der Waals surface area (Å²) in [6.45, 7) is 5.03. The van der Waals surface area contributed by atoms with E-state index in [1.165, 1.54) is 19.1 Å². The van der Waals surface area contributed by atoms with Crippen molar-refractivity contribution in [2.45, 2.75) is 50.6 Å². The zero-order valence-electron chi connectivity index (χ0n) is 12.6. The predicted molar refractivity (Wildman–Crippen MR) is 81.5 cm³/mol. The van der Waals surface area contributed by atoms with Gasteiger partial charge < -0.3 is 0 Å². The van der Waals surface area contributed by atoms with Gasteiger partial charge in [0.05, 0.1) is 11.4 Å². The lowest BCUT2D eigenvalue weighted by molar-refractivity contribution is 0.146. The summed E-state index contributed by atoms with van der Waals surface area (Å²) >= 11 is 0. The van der Waals surface area contributed by atoms with Crippen molar-refractivity contribution >= 4 is 15.7 Å². The number of sulfonamides is 1. The van der Waals surface area contributed by atoms with Crippen LogP contribution in [-0.2, 0) is 10.0 Å². The number of halogens is 1. The number of aryl methyl sites for hydroxylation is 1. The molecule has 1 heterocycles. The second-order valence-electron chi connectivity index (χ2n) is 5.80. The minimum atomic E-state index is -3.80. The highest BCUT2D eigenvalue weighted by Gasteiger charge is 2.37. The molecule has 0 bridgehead atoms. The number of nitrogens with zero attached hydrogens (tertiary/aromatic N) is 2. The molecular weight excluding hydrogens is 291 g/mol. The summed E-state index contributed by atoms with van der Waals surface area (Å²) < 4.78 is 40.5. The summed E-state index contributed by atoms with van der Waals surface area (Å²) in [7, 11) is -3.80. The Hall–Kier alpha value is -1.43. The molecule has 1 unspecified atom stereocenters. The molecule has 0 saturated carbocycles. The normalized spacial score (nSPS) is 23.0. The number of rotatable bonds is 4. The second kappa shape index (κ2) is 5.75. The maximum absolute atomic E-state index is 14.4. The van der Waals surface area contributed by atoms with Crippen LogP contribution >= 0.6 is 0 Å². The van der Waals surface area contributed by atoms with Crippen molar-refractivity contribution in [3.63, 3.8) is 0 Å². The van der Waals surface area contributed by atoms with Gasteiger partial charge in [-0.05, 0) is 32.4 Å². The molecule has 1 aromatic carbocycles. The van der Waals surface area contributed by atoms with E-state index in [4.69, 9.17) is 0 Å². The number of hydrogen-bond acceptors (Lipinski definition) is 3. The molecule has 0 radical (unpaired) electrons. The predicted octanol–water partition coefficient (Wildman–Crippen LogP) is 3.27. The van der Waals surface area contributed by atoms with Gasteiger partial charge in [-0.1, -0.05) is 31.0 Å². The quantitative estimate of drug-likeness (QED) is 0.856. The highest BCUT2D eigenvalue weighted by Crippen LogP contribution is 2.29. The average Bonchev–Trinajstić information content (AvgIpc) is 2.37. The topological polar surface area (TPSA) is 49.7 Å². The van der Waals surface area contributed by atoms with E-state index < -0.39 is 15.7 Å². The Morgan fingerprint density at radius 2 is 1.95 bits per heavy atom. The lowest BCUT2D eigenvalue weighted by Crippen LogP contribution is -2.44. The molecule has 0 spiro atoms. The van der Waals surface area contributed by atoms with Crippen LogP contribution in [-0.4, -0.2) is 30.8 Å². The first-order valence-electron chi connectivity index (χ1n) is 7.09. The Labute approximate surface area is 125 Å². The van der Waals surface area contributed by atoms with Crippen LogP contribution in [0.5, 0.6) is 0 Å². The zero-order chi connectivity index (χ0) is 15.7. The standard InChI is InChI=1S/C15H21FN2O2S/c1-4-5-13-10-15(3,16)11-18(17-13)21(19,20)14-8-6-12(2)7-9-14/h6-9H,4-5,10-11H2,1-3H3. The Morgan fingerprint density at radius 1 is 1.33 bits per heavy atom. The fourth-order valence-corrected chi connectivity index (χ4v) is 3.77. The summed E-state index contributed by atoms with van der Waals surface area (Å²) in [6.07, 6.45) is 1.62. The van der Waals surface area contributed by atoms with E-state index in [9.17, 15) is 12.8 Å². The van der Waals surface area contributed by atoms with Crippen molar-refractivity contribution in [1.82, 2.24) is 4.41 Å². The van der Waals surface area contributed by atoms with E-state index >= 15 is 0 Å². The molecule has 0 N–H and O–H groups in total. The van der Waals surface area contributed by atoms with Gasteiger partial charge in [-0.15, -0.1) is 0 Å². The summed E-state index contributed by atoms with van der Waals surface area (Å²) in [6, 6.07) is 6.51. The molecular formula is C15H21FN2O2S. The summed E-state index contributed by atoms with van der Waals surface area (Å²) in [5, 5.41) is 4.16. The third-order valence-corrected chi connectivity index (χ3v) is 5.06. The third kappa shape index (κ3) is 3.61. The van der Waals surface area contributed by atoms with Crippen LogP contribution in [0.4, 0.5) is 4.39 Å². The Morgan fingerprint density at radius 3 is 2.52 bits per heavy atom. The molecule has 0 aliphatic carbocycles. The Balaban J connectivity index is 2.38. The average molecular weight is 312 g/mol. The summed E-state index contributed by atoms with van der Waals surface area (Å²) in [5.41, 5.74) is -0.00755. The molecule has 0 amide bonds. The van der Waals surface area contributed by atoms with Crippen molar-refractivity contribution in [1.29, 1.82) is 0 Å². The van der Waals surface area contributed by atoms with Crippen molar-refractivity contribution in [2.24, 2.45) is 5.10 Å². The first-order valence-corrected chi connectivity index (χ1v) is 8.53. The van der Waals surface area contributed by atoms with Gasteiger partial charge in [-0.2, -0.15) is 17.9 Å². The number of hydrogen-bond donors (Lipinski definition) is 0. The molecule has 1 aliphatic rings. The van der Waals surface area contributed by atoms with Crippen LogP contribution in [0.3, 0.4) is 0 Å². The third-order valence-electron chi connectivity index (χ3n) is 3.43. The Kier molecular flexibility index (Phi) is 4.37. The van der Waals surface area contributed by atoms with Crippen LogP contribution in [0.2, 0.25) is 0 Å². The summed E-state index contributed by atoms with van der Waals surface area (Å²) in [5.74, 6) is 0. The molecule has 21 heavy (non-hydrogen) atoms. The van der Waals surface area contributed by atoms with Crippen LogP contribution in [0, 0.1) is 6.92 Å². The molecule has 116 valence electrons. The fourth-order valence-electron chi connectivity index (χ4n) is 2.39. The fraction of sp³-hybridized carbons (Fsp3) is 0.533. The molecule has 1 aliphatic heterocycles. The van der Waals surface area contributed by atoms with Crippen LogP contribution in [0.25, 0.3) is 0 Å². The van der Waals surface area contributed by atoms with Crippen molar-refractivity contribution in [2.75, 3.05) is 6.54 Å². The van der Waals surface area contributed by atoms with E-state index in [1.807, 2.05) is 13.8 Å². The first-order chi connectivity index (χ1) is 9.74. The lowest BCUT2D eigenvalue weighted by Gasteiger charge is -2.33. The smallest absolute Gasteiger partial charge is 0.242 e. The van der Waals surface area contributed by atoms with Crippen molar-refractivity contribution in [3.05, 3.63) is 29.8 Å². The van der Waals surface area contributed by atoms with Crippen LogP contribution in [0.15, 0.2) is 34.3 Å². The van der Waals surface area contributed by atoms with Crippen LogP contribution < -0.4 is 0 Å². The van der Waals surface area contributed by atoms with E-state index in [0.29, 0.717) is 12.1 Å². The molecule has 1 atom stereocenters. The molecule has 2 rings (SSSR count). The lowest BCUT2D eigenvalue weighted by atomic mass is 9.97. The molecule has 4 nitrogen and oxygen atoms in total. The zero-order valence-corrected chi connectivity index (χ0v) is 13.5. The van der Waals surface area contributed by atoms with Gasteiger partial charge in [-0.3, -0.25) is 0 Å². The van der Waals surface area contributed by atoms with E-state index in [2.05, 4.69) is 5.10 Å². The molecule has 1 aromatic rings. The van der Waals surface area contributed by atoms with Gasteiger partial charge in [0.2, 0.25) is 0 Å². The monoisotopic (exact) mass is 312 g/mol. The second-order valence-corrected chi connectivity index (χ2v) is 7.65. The maximum Gasteiger partial charge on any atom is 0.279 e. The SMILES string of the molecule is CCCC1=NN(S(=O)(=O)c2ccc(C)cc2)CC(C)(F)C1.